The first-order chi connectivity index (χ1) is 9.73. The quantitative estimate of drug-likeness (QED) is 0.308. The van der Waals surface area contributed by atoms with Crippen molar-refractivity contribution in [3.63, 3.8) is 0 Å². The number of rotatable bonds is 2. The second-order valence-electron chi connectivity index (χ2n) is 5.50. The molecule has 0 spiro atoms. The molecule has 0 saturated carbocycles. The SMILES string of the molecule is C[C@@H]1O[C@@H](O[C@H]2C(O)O[C@H](C)[C@H](O)[C@@H]2O)[C@H](O)[C@H](O)[C@H]1O. The first-order valence-corrected chi connectivity index (χ1v) is 6.78. The van der Waals surface area contributed by atoms with Gasteiger partial charge < -0.3 is 44.8 Å². The van der Waals surface area contributed by atoms with E-state index in [4.69, 9.17) is 14.2 Å². The maximum Gasteiger partial charge on any atom is 0.187 e. The first kappa shape index (κ1) is 17.0. The highest BCUT2D eigenvalue weighted by Crippen LogP contribution is 2.28. The molecule has 2 heterocycles. The van der Waals surface area contributed by atoms with Crippen LogP contribution in [0.15, 0.2) is 0 Å². The van der Waals surface area contributed by atoms with Crippen LogP contribution in [0, 0.1) is 0 Å². The number of ether oxygens (including phenoxy) is 3. The Kier molecular flexibility index (Phi) is 5.19. The van der Waals surface area contributed by atoms with E-state index < -0.39 is 61.4 Å². The van der Waals surface area contributed by atoms with Gasteiger partial charge in [0.25, 0.3) is 0 Å². The highest BCUT2D eigenvalue weighted by Gasteiger charge is 2.48. The summed E-state index contributed by atoms with van der Waals surface area (Å²) >= 11 is 0. The normalized spacial score (nSPS) is 55.4. The number of aliphatic hydroxyl groups excluding tert-OH is 6. The van der Waals surface area contributed by atoms with Gasteiger partial charge in [0, 0.05) is 0 Å². The zero-order chi connectivity index (χ0) is 15.9. The van der Waals surface area contributed by atoms with E-state index in [1.54, 1.807) is 0 Å². The van der Waals surface area contributed by atoms with Gasteiger partial charge in [-0.1, -0.05) is 0 Å². The van der Waals surface area contributed by atoms with Gasteiger partial charge in [-0.15, -0.1) is 0 Å². The Morgan fingerprint density at radius 1 is 0.667 bits per heavy atom. The third-order valence-electron chi connectivity index (χ3n) is 3.90. The summed E-state index contributed by atoms with van der Waals surface area (Å²) in [5, 5.41) is 58.5. The molecular weight excluding hydrogens is 288 g/mol. The molecule has 2 saturated heterocycles. The maximum atomic E-state index is 9.91. The topological polar surface area (TPSA) is 149 Å². The van der Waals surface area contributed by atoms with Crippen LogP contribution in [0.4, 0.5) is 0 Å². The summed E-state index contributed by atoms with van der Waals surface area (Å²) in [5.74, 6) is 0. The van der Waals surface area contributed by atoms with Gasteiger partial charge in [-0.05, 0) is 13.8 Å². The van der Waals surface area contributed by atoms with Gasteiger partial charge in [0.1, 0.15) is 36.6 Å². The molecule has 0 aromatic heterocycles. The summed E-state index contributed by atoms with van der Waals surface area (Å²) in [4.78, 5) is 0. The van der Waals surface area contributed by atoms with Gasteiger partial charge >= 0.3 is 0 Å². The Labute approximate surface area is 121 Å². The summed E-state index contributed by atoms with van der Waals surface area (Å²) < 4.78 is 15.5. The minimum Gasteiger partial charge on any atom is -0.388 e. The van der Waals surface area contributed by atoms with Crippen LogP contribution in [0.5, 0.6) is 0 Å². The zero-order valence-corrected chi connectivity index (χ0v) is 11.7. The van der Waals surface area contributed by atoms with Gasteiger partial charge in [0.05, 0.1) is 12.2 Å². The molecule has 0 aliphatic carbocycles. The van der Waals surface area contributed by atoms with E-state index in [-0.39, 0.29) is 0 Å². The number of aliphatic hydroxyl groups is 6. The number of hydrogen-bond acceptors (Lipinski definition) is 9. The Balaban J connectivity index is 2.06. The van der Waals surface area contributed by atoms with E-state index in [0.717, 1.165) is 0 Å². The van der Waals surface area contributed by atoms with E-state index in [1.807, 2.05) is 0 Å². The van der Waals surface area contributed by atoms with Crippen LogP contribution in [0.3, 0.4) is 0 Å². The van der Waals surface area contributed by atoms with E-state index in [0.29, 0.717) is 0 Å². The highest BCUT2D eigenvalue weighted by molar-refractivity contribution is 4.91. The molecule has 2 aliphatic heterocycles. The molecule has 1 unspecified atom stereocenters. The molecule has 2 aliphatic rings. The van der Waals surface area contributed by atoms with Crippen LogP contribution in [0.2, 0.25) is 0 Å². The number of hydrogen-bond donors (Lipinski definition) is 6. The average Bonchev–Trinajstić information content (AvgIpc) is 2.44. The van der Waals surface area contributed by atoms with Gasteiger partial charge in [0.15, 0.2) is 12.6 Å². The summed E-state index contributed by atoms with van der Waals surface area (Å²) in [7, 11) is 0. The van der Waals surface area contributed by atoms with Crippen LogP contribution in [0.1, 0.15) is 13.8 Å². The van der Waals surface area contributed by atoms with Crippen LogP contribution in [-0.4, -0.2) is 92.1 Å². The van der Waals surface area contributed by atoms with Gasteiger partial charge in [-0.2, -0.15) is 0 Å². The van der Waals surface area contributed by atoms with Crippen molar-refractivity contribution in [2.45, 2.75) is 75.3 Å². The molecular formula is C12H22O9. The Morgan fingerprint density at radius 3 is 1.81 bits per heavy atom. The lowest BCUT2D eigenvalue weighted by Crippen LogP contribution is -2.62. The molecule has 0 bridgehead atoms. The first-order valence-electron chi connectivity index (χ1n) is 6.78. The molecule has 0 radical (unpaired) electrons. The van der Waals surface area contributed by atoms with Gasteiger partial charge in [0.2, 0.25) is 0 Å². The molecule has 10 atom stereocenters. The molecule has 0 amide bonds. The van der Waals surface area contributed by atoms with Crippen molar-refractivity contribution in [2.24, 2.45) is 0 Å². The van der Waals surface area contributed by atoms with Crippen molar-refractivity contribution in [3.05, 3.63) is 0 Å². The minimum absolute atomic E-state index is 0.793. The third-order valence-corrected chi connectivity index (χ3v) is 3.90. The van der Waals surface area contributed by atoms with E-state index in [1.165, 1.54) is 13.8 Å². The van der Waals surface area contributed by atoms with Gasteiger partial charge in [-0.25, -0.2) is 0 Å². The zero-order valence-electron chi connectivity index (χ0n) is 11.7. The fraction of sp³-hybridized carbons (Fsp3) is 1.00. The minimum atomic E-state index is -1.58. The average molecular weight is 310 g/mol. The van der Waals surface area contributed by atoms with Crippen LogP contribution < -0.4 is 0 Å². The maximum absolute atomic E-state index is 9.91. The van der Waals surface area contributed by atoms with Crippen molar-refractivity contribution in [1.29, 1.82) is 0 Å². The Bertz CT molecular complexity index is 354. The predicted octanol–water partition coefficient (Wildman–Crippen LogP) is -3.34. The largest absolute Gasteiger partial charge is 0.388 e. The van der Waals surface area contributed by atoms with Crippen molar-refractivity contribution < 1.29 is 44.8 Å². The van der Waals surface area contributed by atoms with Crippen LogP contribution in [0.25, 0.3) is 0 Å². The lowest BCUT2D eigenvalue weighted by molar-refractivity contribution is -0.356. The fourth-order valence-electron chi connectivity index (χ4n) is 2.45. The molecule has 2 fully saturated rings. The molecule has 6 N–H and O–H groups in total. The Hall–Kier alpha value is -0.360. The van der Waals surface area contributed by atoms with Crippen molar-refractivity contribution >= 4 is 0 Å². The summed E-state index contributed by atoms with van der Waals surface area (Å²) in [6, 6.07) is 0. The summed E-state index contributed by atoms with van der Waals surface area (Å²) in [5.41, 5.74) is 0. The van der Waals surface area contributed by atoms with E-state index in [9.17, 15) is 30.6 Å². The molecule has 0 aromatic rings. The molecule has 0 aromatic carbocycles. The summed E-state index contributed by atoms with van der Waals surface area (Å²) in [6.45, 7) is 2.94. The second kappa shape index (κ2) is 6.41. The van der Waals surface area contributed by atoms with E-state index >= 15 is 0 Å². The second-order valence-corrected chi connectivity index (χ2v) is 5.50. The molecule has 9 nitrogen and oxygen atoms in total. The van der Waals surface area contributed by atoms with E-state index in [2.05, 4.69) is 0 Å². The van der Waals surface area contributed by atoms with Crippen molar-refractivity contribution in [2.75, 3.05) is 0 Å². The molecule has 21 heavy (non-hydrogen) atoms. The molecule has 124 valence electrons. The fourth-order valence-corrected chi connectivity index (χ4v) is 2.45. The van der Waals surface area contributed by atoms with Crippen molar-refractivity contribution in [1.82, 2.24) is 0 Å². The summed E-state index contributed by atoms with van der Waals surface area (Å²) in [6.07, 6.45) is -13.0. The predicted molar refractivity (Wildman–Crippen MR) is 65.8 cm³/mol. The van der Waals surface area contributed by atoms with Crippen LogP contribution in [-0.2, 0) is 14.2 Å². The smallest absolute Gasteiger partial charge is 0.187 e. The molecule has 9 heteroatoms. The van der Waals surface area contributed by atoms with Crippen molar-refractivity contribution in [3.8, 4) is 0 Å². The monoisotopic (exact) mass is 310 g/mol. The third kappa shape index (κ3) is 3.21. The van der Waals surface area contributed by atoms with Crippen LogP contribution >= 0.6 is 0 Å². The molecule has 2 rings (SSSR count). The standard InChI is InChI=1S/C12H22O9/c1-3-6(14)8(16)10(11(18)19-3)21-12-9(17)7(15)5(13)4(2)20-12/h3-18H,1-2H3/t3-,4+,5+,6+,7-,8+,9-,10-,11?,12+/m1/s1. The Morgan fingerprint density at radius 2 is 1.19 bits per heavy atom. The lowest BCUT2D eigenvalue weighted by atomic mass is 9.98. The van der Waals surface area contributed by atoms with Gasteiger partial charge in [-0.3, -0.25) is 0 Å². The highest BCUT2D eigenvalue weighted by atomic mass is 16.7. The lowest BCUT2D eigenvalue weighted by Gasteiger charge is -2.44.